The lowest BCUT2D eigenvalue weighted by atomic mass is 10.00. The Hall–Kier alpha value is -1.91. The zero-order chi connectivity index (χ0) is 13.8. The Morgan fingerprint density at radius 2 is 1.85 bits per heavy atom. The number of ether oxygens (including phenoxy) is 1. The number of rotatable bonds is 6. The molecule has 1 unspecified atom stereocenters. The Balaban J connectivity index is 1.68. The number of nitrogens with zero attached hydrogens (tertiary/aromatic N) is 1. The zero-order valence-electron chi connectivity index (χ0n) is 11.3. The van der Waals surface area contributed by atoms with E-state index in [1.807, 2.05) is 24.3 Å². The second-order valence-corrected chi connectivity index (χ2v) is 5.17. The molecule has 4 heteroatoms. The van der Waals surface area contributed by atoms with Crippen LogP contribution in [-0.2, 0) is 6.42 Å². The number of hydrazine groups is 1. The predicted molar refractivity (Wildman–Crippen MR) is 78.1 cm³/mol. The topological polar surface area (TPSA) is 60.2 Å². The molecule has 1 aromatic heterocycles. The Kier molecular flexibility index (Phi) is 3.95. The van der Waals surface area contributed by atoms with Gasteiger partial charge in [-0.15, -0.1) is 0 Å². The Labute approximate surface area is 119 Å². The highest BCUT2D eigenvalue weighted by Gasteiger charge is 2.23. The third-order valence-electron chi connectivity index (χ3n) is 3.50. The van der Waals surface area contributed by atoms with Gasteiger partial charge in [-0.2, -0.15) is 0 Å². The smallest absolute Gasteiger partial charge is 0.119 e. The van der Waals surface area contributed by atoms with E-state index in [0.29, 0.717) is 6.10 Å². The Morgan fingerprint density at radius 3 is 2.45 bits per heavy atom. The SMILES string of the molecule is NNC(Cc1ccncc1)c1ccc(OC2CC2)cc1. The van der Waals surface area contributed by atoms with Crippen molar-refractivity contribution >= 4 is 0 Å². The molecule has 104 valence electrons. The van der Waals surface area contributed by atoms with Crippen LogP contribution in [0.1, 0.15) is 30.0 Å². The average molecular weight is 269 g/mol. The van der Waals surface area contributed by atoms with Crippen molar-refractivity contribution in [2.45, 2.75) is 31.4 Å². The number of nitrogens with one attached hydrogen (secondary N) is 1. The molecule has 0 spiro atoms. The summed E-state index contributed by atoms with van der Waals surface area (Å²) in [6.45, 7) is 0. The fourth-order valence-electron chi connectivity index (χ4n) is 2.18. The highest BCUT2D eigenvalue weighted by molar-refractivity contribution is 5.30. The molecule has 2 aromatic rings. The van der Waals surface area contributed by atoms with Gasteiger partial charge in [-0.3, -0.25) is 16.3 Å². The number of nitrogens with two attached hydrogens (primary N) is 1. The van der Waals surface area contributed by atoms with Crippen molar-refractivity contribution in [2.24, 2.45) is 5.84 Å². The highest BCUT2D eigenvalue weighted by Crippen LogP contribution is 2.28. The van der Waals surface area contributed by atoms with Crippen LogP contribution in [0.25, 0.3) is 0 Å². The second-order valence-electron chi connectivity index (χ2n) is 5.17. The summed E-state index contributed by atoms with van der Waals surface area (Å²) in [6.07, 6.45) is 7.22. The van der Waals surface area contributed by atoms with Gasteiger partial charge in [0, 0.05) is 18.4 Å². The van der Waals surface area contributed by atoms with Crippen molar-refractivity contribution in [1.82, 2.24) is 10.4 Å². The molecular weight excluding hydrogens is 250 g/mol. The van der Waals surface area contributed by atoms with Crippen LogP contribution in [-0.4, -0.2) is 11.1 Å². The summed E-state index contributed by atoms with van der Waals surface area (Å²) in [5, 5.41) is 0. The van der Waals surface area contributed by atoms with Crippen LogP contribution in [0.3, 0.4) is 0 Å². The van der Waals surface area contributed by atoms with E-state index in [2.05, 4.69) is 22.5 Å². The second kappa shape index (κ2) is 6.03. The number of pyridine rings is 1. The molecule has 1 saturated carbocycles. The van der Waals surface area contributed by atoms with Crippen molar-refractivity contribution in [1.29, 1.82) is 0 Å². The minimum atomic E-state index is 0.0902. The fraction of sp³-hybridized carbons (Fsp3) is 0.312. The van der Waals surface area contributed by atoms with Gasteiger partial charge in [0.15, 0.2) is 0 Å². The van der Waals surface area contributed by atoms with Gasteiger partial charge in [0.25, 0.3) is 0 Å². The largest absolute Gasteiger partial charge is 0.490 e. The van der Waals surface area contributed by atoms with Crippen molar-refractivity contribution in [3.63, 3.8) is 0 Å². The fourth-order valence-corrected chi connectivity index (χ4v) is 2.18. The number of benzene rings is 1. The molecule has 0 radical (unpaired) electrons. The lowest BCUT2D eigenvalue weighted by molar-refractivity contribution is 0.303. The van der Waals surface area contributed by atoms with E-state index in [-0.39, 0.29) is 6.04 Å². The number of hydrogen-bond donors (Lipinski definition) is 2. The molecule has 1 aliphatic carbocycles. The van der Waals surface area contributed by atoms with Gasteiger partial charge >= 0.3 is 0 Å². The molecule has 1 heterocycles. The highest BCUT2D eigenvalue weighted by atomic mass is 16.5. The maximum Gasteiger partial charge on any atom is 0.119 e. The van der Waals surface area contributed by atoms with Crippen LogP contribution < -0.4 is 16.0 Å². The van der Waals surface area contributed by atoms with Crippen molar-refractivity contribution < 1.29 is 4.74 Å². The standard InChI is InChI=1S/C16H19N3O/c17-19-16(11-12-7-9-18-10-8-12)13-1-3-14(4-2-13)20-15-5-6-15/h1-4,7-10,15-16,19H,5-6,11,17H2. The van der Waals surface area contributed by atoms with Crippen molar-refractivity contribution in [3.8, 4) is 5.75 Å². The van der Waals surface area contributed by atoms with Crippen LogP contribution >= 0.6 is 0 Å². The third kappa shape index (κ3) is 3.35. The van der Waals surface area contributed by atoms with Crippen LogP contribution in [0.2, 0.25) is 0 Å². The molecule has 4 nitrogen and oxygen atoms in total. The average Bonchev–Trinajstić information content (AvgIpc) is 3.31. The molecule has 0 amide bonds. The summed E-state index contributed by atoms with van der Waals surface area (Å²) in [5.41, 5.74) is 5.25. The molecule has 1 aromatic carbocycles. The summed E-state index contributed by atoms with van der Waals surface area (Å²) in [6, 6.07) is 12.3. The summed E-state index contributed by atoms with van der Waals surface area (Å²) in [5.74, 6) is 6.63. The van der Waals surface area contributed by atoms with Gasteiger partial charge in [0.2, 0.25) is 0 Å². The summed E-state index contributed by atoms with van der Waals surface area (Å²) >= 11 is 0. The van der Waals surface area contributed by atoms with Crippen LogP contribution in [0.15, 0.2) is 48.8 Å². The quantitative estimate of drug-likeness (QED) is 0.624. The maximum absolute atomic E-state index is 5.75. The van der Waals surface area contributed by atoms with Crippen molar-refractivity contribution in [3.05, 3.63) is 59.9 Å². The maximum atomic E-state index is 5.75. The summed E-state index contributed by atoms with van der Waals surface area (Å²) in [7, 11) is 0. The zero-order valence-corrected chi connectivity index (χ0v) is 11.3. The van der Waals surface area contributed by atoms with Gasteiger partial charge < -0.3 is 4.74 Å². The van der Waals surface area contributed by atoms with Gasteiger partial charge in [-0.05, 0) is 54.7 Å². The molecule has 3 N–H and O–H groups in total. The Bertz CT molecular complexity index is 537. The summed E-state index contributed by atoms with van der Waals surface area (Å²) < 4.78 is 5.75. The summed E-state index contributed by atoms with van der Waals surface area (Å²) in [4.78, 5) is 4.03. The third-order valence-corrected chi connectivity index (χ3v) is 3.50. The van der Waals surface area contributed by atoms with E-state index >= 15 is 0 Å². The first-order valence-corrected chi connectivity index (χ1v) is 6.97. The molecular formula is C16H19N3O. The van der Waals surface area contributed by atoms with Gasteiger partial charge in [-0.1, -0.05) is 12.1 Å². The van der Waals surface area contributed by atoms with E-state index in [1.165, 1.54) is 18.4 Å². The van der Waals surface area contributed by atoms with Crippen LogP contribution in [0.5, 0.6) is 5.75 Å². The molecule has 0 saturated heterocycles. The first kappa shape index (κ1) is 13.1. The van der Waals surface area contributed by atoms with Gasteiger partial charge in [0.05, 0.1) is 6.10 Å². The van der Waals surface area contributed by atoms with Gasteiger partial charge in [-0.25, -0.2) is 0 Å². The first-order chi connectivity index (χ1) is 9.85. The van der Waals surface area contributed by atoms with E-state index in [0.717, 1.165) is 17.7 Å². The molecule has 1 atom stereocenters. The van der Waals surface area contributed by atoms with E-state index < -0.39 is 0 Å². The normalized spacial score (nSPS) is 15.8. The molecule has 0 bridgehead atoms. The molecule has 1 aliphatic rings. The minimum absolute atomic E-state index is 0.0902. The van der Waals surface area contributed by atoms with Crippen molar-refractivity contribution in [2.75, 3.05) is 0 Å². The predicted octanol–water partition coefficient (Wildman–Crippen LogP) is 2.37. The van der Waals surface area contributed by atoms with E-state index in [9.17, 15) is 0 Å². The number of aromatic nitrogens is 1. The van der Waals surface area contributed by atoms with Gasteiger partial charge in [0.1, 0.15) is 5.75 Å². The van der Waals surface area contributed by atoms with Crippen LogP contribution in [0.4, 0.5) is 0 Å². The molecule has 0 aliphatic heterocycles. The van der Waals surface area contributed by atoms with Crippen LogP contribution in [0, 0.1) is 0 Å². The molecule has 20 heavy (non-hydrogen) atoms. The lowest BCUT2D eigenvalue weighted by Crippen LogP contribution is -2.29. The number of hydrogen-bond acceptors (Lipinski definition) is 4. The molecule has 3 rings (SSSR count). The molecule has 1 fully saturated rings. The first-order valence-electron chi connectivity index (χ1n) is 6.97. The van der Waals surface area contributed by atoms with E-state index in [1.54, 1.807) is 12.4 Å². The minimum Gasteiger partial charge on any atom is -0.490 e. The lowest BCUT2D eigenvalue weighted by Gasteiger charge is -2.17. The van der Waals surface area contributed by atoms with E-state index in [4.69, 9.17) is 10.6 Å². The Morgan fingerprint density at radius 1 is 1.15 bits per heavy atom. The monoisotopic (exact) mass is 269 g/mol.